The van der Waals surface area contributed by atoms with Gasteiger partial charge >= 0.3 is 5.97 Å². The van der Waals surface area contributed by atoms with Crippen LogP contribution in [0, 0.1) is 0 Å². The summed E-state index contributed by atoms with van der Waals surface area (Å²) in [5, 5.41) is 7.25. The average molecular weight is 498 g/mol. The Labute approximate surface area is 201 Å². The second kappa shape index (κ2) is 9.66. The number of hydrazone groups is 1. The number of hydrogen-bond acceptors (Lipinski definition) is 6. The number of carbonyl (C=O) groups is 2. The first-order valence-corrected chi connectivity index (χ1v) is 12.2. The largest absolute Gasteiger partial charge is 0.462 e. The zero-order valence-corrected chi connectivity index (χ0v) is 19.6. The third-order valence-corrected chi connectivity index (χ3v) is 6.90. The molecule has 0 atom stereocenters. The molecule has 1 amide bonds. The second-order valence-corrected chi connectivity index (χ2v) is 9.50. The third kappa shape index (κ3) is 4.66. The number of nitrogens with zero attached hydrogens (tertiary/aromatic N) is 2. The molecule has 3 aromatic rings. The second-order valence-electron chi connectivity index (χ2n) is 7.25. The van der Waals surface area contributed by atoms with Crippen LogP contribution in [0.3, 0.4) is 0 Å². The molecule has 0 radical (unpaired) electrons. The number of ether oxygens (including phenoxy) is 1. The lowest BCUT2D eigenvalue weighted by Gasteiger charge is -2.27. The summed E-state index contributed by atoms with van der Waals surface area (Å²) in [4.78, 5) is 25.0. The molecule has 0 saturated heterocycles. The molecule has 4 rings (SSSR count). The minimum Gasteiger partial charge on any atom is -0.462 e. The summed E-state index contributed by atoms with van der Waals surface area (Å²) < 4.78 is 32.3. The molecule has 0 aromatic heterocycles. The summed E-state index contributed by atoms with van der Waals surface area (Å²) in [6, 6.07) is 19.7. The summed E-state index contributed by atoms with van der Waals surface area (Å²) in [5.74, 6) is -1.27. The van der Waals surface area contributed by atoms with Crippen LogP contribution in [0.25, 0.3) is 0 Å². The van der Waals surface area contributed by atoms with Crippen molar-refractivity contribution in [1.29, 1.82) is 0 Å². The first-order valence-electron chi connectivity index (χ1n) is 10.3. The number of nitrogens with one attached hydrogen (secondary N) is 1. The number of rotatable bonds is 6. The fourth-order valence-electron chi connectivity index (χ4n) is 3.47. The lowest BCUT2D eigenvalue weighted by molar-refractivity contribution is -0.116. The maximum Gasteiger partial charge on any atom is 0.340 e. The van der Waals surface area contributed by atoms with Crippen molar-refractivity contribution in [3.63, 3.8) is 0 Å². The molecule has 1 N–H and O–H groups in total. The molecule has 174 valence electrons. The maximum absolute atomic E-state index is 13.3. The van der Waals surface area contributed by atoms with Crippen molar-refractivity contribution in [2.75, 3.05) is 18.5 Å². The highest BCUT2D eigenvalue weighted by molar-refractivity contribution is 7.89. The zero-order valence-electron chi connectivity index (χ0n) is 18.1. The number of amides is 1. The Kier molecular flexibility index (Phi) is 6.67. The normalized spacial score (nSPS) is 14.1. The van der Waals surface area contributed by atoms with Gasteiger partial charge in [0.2, 0.25) is 5.91 Å². The van der Waals surface area contributed by atoms with Crippen LogP contribution in [0.1, 0.15) is 28.4 Å². The highest BCUT2D eigenvalue weighted by Gasteiger charge is 2.34. The summed E-state index contributed by atoms with van der Waals surface area (Å²) in [7, 11) is -4.13. The molecular weight excluding hydrogens is 478 g/mol. The fourth-order valence-corrected chi connectivity index (χ4v) is 5.02. The van der Waals surface area contributed by atoms with Crippen LogP contribution < -0.4 is 5.32 Å². The van der Waals surface area contributed by atoms with Crippen molar-refractivity contribution >= 4 is 44.9 Å². The lowest BCUT2D eigenvalue weighted by Crippen LogP contribution is -2.38. The van der Waals surface area contributed by atoms with Crippen LogP contribution in [0.2, 0.25) is 5.02 Å². The van der Waals surface area contributed by atoms with Gasteiger partial charge in [0, 0.05) is 16.1 Å². The molecule has 0 bridgehead atoms. The van der Waals surface area contributed by atoms with E-state index in [4.69, 9.17) is 16.3 Å². The highest BCUT2D eigenvalue weighted by atomic mass is 35.5. The number of sulfonamides is 1. The van der Waals surface area contributed by atoms with Crippen LogP contribution in [0.5, 0.6) is 0 Å². The number of benzene rings is 3. The molecule has 0 spiro atoms. The van der Waals surface area contributed by atoms with Gasteiger partial charge in [-0.2, -0.15) is 17.9 Å². The number of carbonyl (C=O) groups excluding carboxylic acids is 2. The summed E-state index contributed by atoms with van der Waals surface area (Å²) in [6.45, 7) is 1.25. The predicted molar refractivity (Wildman–Crippen MR) is 128 cm³/mol. The highest BCUT2D eigenvalue weighted by Crippen LogP contribution is 2.31. The van der Waals surface area contributed by atoms with E-state index in [0.29, 0.717) is 21.9 Å². The van der Waals surface area contributed by atoms with E-state index >= 15 is 0 Å². The molecule has 0 saturated carbocycles. The van der Waals surface area contributed by atoms with Crippen LogP contribution in [0.4, 0.5) is 5.69 Å². The standard InChI is InChI=1S/C24H20ClN3O5S/c1-2-33-24(30)18-10-6-7-11-20(18)26-22(29)15-28-27-23(16-8-4-3-5-9-16)19-14-17(25)12-13-21(19)34(28,31)32/h3-14H,2,15H2,1H3,(H,26,29). The van der Waals surface area contributed by atoms with E-state index in [1.54, 1.807) is 43.3 Å². The van der Waals surface area contributed by atoms with Gasteiger partial charge in [-0.05, 0) is 37.3 Å². The Morgan fingerprint density at radius 2 is 1.74 bits per heavy atom. The van der Waals surface area contributed by atoms with Gasteiger partial charge in [-0.25, -0.2) is 4.79 Å². The van der Waals surface area contributed by atoms with Gasteiger partial charge in [0.05, 0.1) is 22.8 Å². The molecular formula is C24H20ClN3O5S. The first kappa shape index (κ1) is 23.5. The van der Waals surface area contributed by atoms with Gasteiger partial charge < -0.3 is 10.1 Å². The Hall–Kier alpha value is -3.69. The molecule has 10 heteroatoms. The van der Waals surface area contributed by atoms with Crippen molar-refractivity contribution in [3.05, 3.63) is 94.5 Å². The molecule has 3 aromatic carbocycles. The van der Waals surface area contributed by atoms with E-state index in [0.717, 1.165) is 4.41 Å². The average Bonchev–Trinajstić information content (AvgIpc) is 2.82. The van der Waals surface area contributed by atoms with Gasteiger partial charge in [-0.1, -0.05) is 54.1 Å². The van der Waals surface area contributed by atoms with E-state index in [-0.39, 0.29) is 22.8 Å². The summed E-state index contributed by atoms with van der Waals surface area (Å²) >= 11 is 6.13. The third-order valence-electron chi connectivity index (χ3n) is 4.99. The van der Waals surface area contributed by atoms with Crippen molar-refractivity contribution in [3.8, 4) is 0 Å². The monoisotopic (exact) mass is 497 g/mol. The molecule has 1 aliphatic rings. The number of fused-ring (bicyclic) bond motifs is 1. The number of halogens is 1. The lowest BCUT2D eigenvalue weighted by atomic mass is 10.0. The molecule has 34 heavy (non-hydrogen) atoms. The smallest absolute Gasteiger partial charge is 0.340 e. The van der Waals surface area contributed by atoms with Crippen LogP contribution >= 0.6 is 11.6 Å². The van der Waals surface area contributed by atoms with Crippen molar-refractivity contribution < 1.29 is 22.7 Å². The van der Waals surface area contributed by atoms with E-state index in [2.05, 4.69) is 10.4 Å². The Morgan fingerprint density at radius 1 is 1.03 bits per heavy atom. The predicted octanol–water partition coefficient (Wildman–Crippen LogP) is 3.91. The quantitative estimate of drug-likeness (QED) is 0.520. The molecule has 1 aliphatic heterocycles. The van der Waals surface area contributed by atoms with Crippen molar-refractivity contribution in [1.82, 2.24) is 4.41 Å². The number of para-hydroxylation sites is 1. The van der Waals surface area contributed by atoms with E-state index in [9.17, 15) is 18.0 Å². The Morgan fingerprint density at radius 3 is 2.47 bits per heavy atom. The van der Waals surface area contributed by atoms with Gasteiger partial charge in [0.15, 0.2) is 0 Å². The van der Waals surface area contributed by atoms with E-state index < -0.39 is 28.4 Å². The van der Waals surface area contributed by atoms with Gasteiger partial charge in [-0.15, -0.1) is 0 Å². The Bertz CT molecular complexity index is 1390. The molecule has 0 aliphatic carbocycles. The molecule has 1 heterocycles. The van der Waals surface area contributed by atoms with Crippen LogP contribution in [-0.2, 0) is 19.6 Å². The van der Waals surface area contributed by atoms with Gasteiger partial charge in [0.1, 0.15) is 12.3 Å². The molecule has 0 fully saturated rings. The van der Waals surface area contributed by atoms with Crippen molar-refractivity contribution in [2.45, 2.75) is 11.8 Å². The topological polar surface area (TPSA) is 105 Å². The molecule has 0 unspecified atom stereocenters. The van der Waals surface area contributed by atoms with Gasteiger partial charge in [0.25, 0.3) is 10.0 Å². The number of hydrogen-bond donors (Lipinski definition) is 1. The van der Waals surface area contributed by atoms with E-state index in [1.807, 2.05) is 6.07 Å². The van der Waals surface area contributed by atoms with Crippen LogP contribution in [-0.4, -0.2) is 43.6 Å². The van der Waals surface area contributed by atoms with E-state index in [1.165, 1.54) is 30.3 Å². The van der Waals surface area contributed by atoms with Gasteiger partial charge in [-0.3, -0.25) is 4.79 Å². The molecule has 8 nitrogen and oxygen atoms in total. The maximum atomic E-state index is 13.3. The SMILES string of the molecule is CCOC(=O)c1ccccc1NC(=O)CN1N=C(c2ccccc2)c2cc(Cl)ccc2S1(=O)=O. The number of esters is 1. The minimum absolute atomic E-state index is 0.00882. The summed E-state index contributed by atoms with van der Waals surface area (Å²) in [5.41, 5.74) is 1.75. The zero-order chi connectivity index (χ0) is 24.3. The Balaban J connectivity index is 1.68. The first-order chi connectivity index (χ1) is 16.3. The summed E-state index contributed by atoms with van der Waals surface area (Å²) in [6.07, 6.45) is 0. The van der Waals surface area contributed by atoms with Crippen molar-refractivity contribution in [2.24, 2.45) is 5.10 Å². The minimum atomic E-state index is -4.13. The number of anilines is 1. The van der Waals surface area contributed by atoms with Crippen LogP contribution in [0.15, 0.2) is 82.8 Å². The fraction of sp³-hybridized carbons (Fsp3) is 0.125.